The number of amides is 2. The molecule has 4 heteroatoms. The highest BCUT2D eigenvalue weighted by Gasteiger charge is 2.20. The van der Waals surface area contributed by atoms with Crippen LogP contribution in [0, 0.1) is 5.92 Å². The van der Waals surface area contributed by atoms with E-state index in [1.165, 1.54) is 12.0 Å². The fraction of sp³-hybridized carbons (Fsp3) is 0.632. The minimum atomic E-state index is 0.0308. The smallest absolute Gasteiger partial charge is 0.317 e. The van der Waals surface area contributed by atoms with Gasteiger partial charge in [0.25, 0.3) is 0 Å². The maximum Gasteiger partial charge on any atom is 0.317 e. The standard InChI is InChI=1S/C19H30N2O2/c1-15-6-5-12-21(14-15)18(22)20-11-13-23-17-9-7-16(8-10-17)19(2,3)4/h7-10,15H,5-6,11-14H2,1-4H3,(H,20,22). The van der Waals surface area contributed by atoms with E-state index in [0.717, 1.165) is 25.3 Å². The van der Waals surface area contributed by atoms with Gasteiger partial charge in [0.05, 0.1) is 6.54 Å². The molecule has 0 aromatic heterocycles. The molecule has 128 valence electrons. The molecule has 23 heavy (non-hydrogen) atoms. The van der Waals surface area contributed by atoms with Crippen LogP contribution in [0.4, 0.5) is 4.79 Å². The Morgan fingerprint density at radius 1 is 1.30 bits per heavy atom. The van der Waals surface area contributed by atoms with Crippen molar-refractivity contribution in [3.05, 3.63) is 29.8 Å². The molecular weight excluding hydrogens is 288 g/mol. The topological polar surface area (TPSA) is 41.6 Å². The van der Waals surface area contributed by atoms with E-state index in [1.807, 2.05) is 17.0 Å². The fourth-order valence-corrected chi connectivity index (χ4v) is 2.86. The van der Waals surface area contributed by atoms with Crippen molar-refractivity contribution < 1.29 is 9.53 Å². The zero-order valence-electron chi connectivity index (χ0n) is 14.9. The van der Waals surface area contributed by atoms with E-state index in [1.54, 1.807) is 0 Å². The number of carbonyl (C=O) groups is 1. The number of nitrogens with one attached hydrogen (secondary N) is 1. The summed E-state index contributed by atoms with van der Waals surface area (Å²) in [4.78, 5) is 14.0. The van der Waals surface area contributed by atoms with Crippen LogP contribution in [0.3, 0.4) is 0 Å². The number of benzene rings is 1. The van der Waals surface area contributed by atoms with Crippen molar-refractivity contribution in [1.82, 2.24) is 10.2 Å². The molecule has 1 heterocycles. The summed E-state index contributed by atoms with van der Waals surface area (Å²) in [7, 11) is 0. The highest BCUT2D eigenvalue weighted by Crippen LogP contribution is 2.24. The first-order chi connectivity index (χ1) is 10.9. The Kier molecular flexibility index (Phi) is 5.91. The van der Waals surface area contributed by atoms with Crippen molar-refractivity contribution in [3.8, 4) is 5.75 Å². The predicted octanol–water partition coefficient (Wildman–Crippen LogP) is 3.80. The summed E-state index contributed by atoms with van der Waals surface area (Å²) in [5, 5.41) is 2.94. The van der Waals surface area contributed by atoms with Crippen LogP contribution in [-0.4, -0.2) is 37.2 Å². The molecule has 1 aliphatic heterocycles. The Morgan fingerprint density at radius 2 is 2.00 bits per heavy atom. The zero-order valence-corrected chi connectivity index (χ0v) is 14.9. The van der Waals surface area contributed by atoms with E-state index in [0.29, 0.717) is 19.1 Å². The quantitative estimate of drug-likeness (QED) is 0.858. The average Bonchev–Trinajstić information content (AvgIpc) is 2.51. The van der Waals surface area contributed by atoms with Gasteiger partial charge in [0, 0.05) is 13.1 Å². The van der Waals surface area contributed by atoms with Gasteiger partial charge in [0.15, 0.2) is 0 Å². The number of hydrogen-bond acceptors (Lipinski definition) is 2. The lowest BCUT2D eigenvalue weighted by Crippen LogP contribution is -2.45. The molecule has 0 aliphatic carbocycles. The summed E-state index contributed by atoms with van der Waals surface area (Å²) < 4.78 is 5.70. The molecule has 0 radical (unpaired) electrons. The number of piperidine rings is 1. The van der Waals surface area contributed by atoms with Crippen molar-refractivity contribution in [2.45, 2.75) is 46.0 Å². The van der Waals surface area contributed by atoms with E-state index < -0.39 is 0 Å². The van der Waals surface area contributed by atoms with Gasteiger partial charge in [-0.3, -0.25) is 0 Å². The molecule has 1 saturated heterocycles. The molecule has 1 aromatic carbocycles. The van der Waals surface area contributed by atoms with Crippen molar-refractivity contribution in [2.75, 3.05) is 26.2 Å². The Bertz CT molecular complexity index is 505. The largest absolute Gasteiger partial charge is 0.492 e. The first kappa shape index (κ1) is 17.6. The maximum atomic E-state index is 12.1. The second-order valence-electron chi connectivity index (χ2n) is 7.55. The summed E-state index contributed by atoms with van der Waals surface area (Å²) in [5.41, 5.74) is 1.44. The molecule has 2 amide bonds. The van der Waals surface area contributed by atoms with Crippen molar-refractivity contribution >= 4 is 6.03 Å². The van der Waals surface area contributed by atoms with Gasteiger partial charge in [0.2, 0.25) is 0 Å². The van der Waals surface area contributed by atoms with Crippen molar-refractivity contribution in [1.29, 1.82) is 0 Å². The van der Waals surface area contributed by atoms with Crippen LogP contribution in [0.1, 0.15) is 46.1 Å². The number of hydrogen-bond donors (Lipinski definition) is 1. The second kappa shape index (κ2) is 7.71. The molecule has 4 nitrogen and oxygen atoms in total. The minimum Gasteiger partial charge on any atom is -0.492 e. The summed E-state index contributed by atoms with van der Waals surface area (Å²) >= 11 is 0. The number of rotatable bonds is 4. The molecule has 0 spiro atoms. The predicted molar refractivity (Wildman–Crippen MR) is 94.0 cm³/mol. The number of likely N-dealkylation sites (tertiary alicyclic amines) is 1. The monoisotopic (exact) mass is 318 g/mol. The van der Waals surface area contributed by atoms with Gasteiger partial charge in [-0.05, 0) is 41.9 Å². The van der Waals surface area contributed by atoms with Crippen LogP contribution >= 0.6 is 0 Å². The van der Waals surface area contributed by atoms with Gasteiger partial charge in [-0.15, -0.1) is 0 Å². The van der Waals surface area contributed by atoms with Gasteiger partial charge in [-0.1, -0.05) is 39.8 Å². The molecule has 0 bridgehead atoms. The first-order valence-electron chi connectivity index (χ1n) is 8.62. The van der Waals surface area contributed by atoms with Crippen LogP contribution < -0.4 is 10.1 Å². The second-order valence-corrected chi connectivity index (χ2v) is 7.55. The Labute approximate surface area is 140 Å². The highest BCUT2D eigenvalue weighted by atomic mass is 16.5. The summed E-state index contributed by atoms with van der Waals surface area (Å²) in [5.74, 6) is 1.45. The van der Waals surface area contributed by atoms with Crippen molar-refractivity contribution in [2.24, 2.45) is 5.92 Å². The van der Waals surface area contributed by atoms with Gasteiger partial charge < -0.3 is 15.0 Å². The zero-order chi connectivity index (χ0) is 16.9. The highest BCUT2D eigenvalue weighted by molar-refractivity contribution is 5.74. The Morgan fingerprint density at radius 3 is 2.61 bits per heavy atom. The molecule has 2 rings (SSSR count). The summed E-state index contributed by atoms with van der Waals surface area (Å²) in [6.07, 6.45) is 2.32. The van der Waals surface area contributed by atoms with E-state index in [9.17, 15) is 4.79 Å². The number of carbonyl (C=O) groups excluding carboxylic acids is 1. The molecule has 0 saturated carbocycles. The summed E-state index contributed by atoms with van der Waals surface area (Å²) in [6.45, 7) is 11.5. The third kappa shape index (κ3) is 5.45. The van der Waals surface area contributed by atoms with E-state index in [4.69, 9.17) is 4.74 Å². The van der Waals surface area contributed by atoms with E-state index in [-0.39, 0.29) is 11.4 Å². The van der Waals surface area contributed by atoms with Crippen LogP contribution in [0.25, 0.3) is 0 Å². The third-order valence-corrected chi connectivity index (χ3v) is 4.31. The molecule has 1 aromatic rings. The van der Waals surface area contributed by atoms with Crippen LogP contribution in [0.5, 0.6) is 5.75 Å². The lowest BCUT2D eigenvalue weighted by molar-refractivity contribution is 0.167. The van der Waals surface area contributed by atoms with E-state index >= 15 is 0 Å². The number of nitrogens with zero attached hydrogens (tertiary/aromatic N) is 1. The number of urea groups is 1. The molecule has 1 fully saturated rings. The first-order valence-corrected chi connectivity index (χ1v) is 8.62. The Hall–Kier alpha value is -1.71. The SMILES string of the molecule is CC1CCCN(C(=O)NCCOc2ccc(C(C)(C)C)cc2)C1. The molecule has 1 atom stereocenters. The molecule has 1 N–H and O–H groups in total. The third-order valence-electron chi connectivity index (χ3n) is 4.31. The number of ether oxygens (including phenoxy) is 1. The maximum absolute atomic E-state index is 12.1. The average molecular weight is 318 g/mol. The van der Waals surface area contributed by atoms with Gasteiger partial charge >= 0.3 is 6.03 Å². The van der Waals surface area contributed by atoms with Crippen LogP contribution in [0.2, 0.25) is 0 Å². The minimum absolute atomic E-state index is 0.0308. The normalized spacial score (nSPS) is 18.6. The fourth-order valence-electron chi connectivity index (χ4n) is 2.86. The van der Waals surface area contributed by atoms with Crippen LogP contribution in [-0.2, 0) is 5.41 Å². The van der Waals surface area contributed by atoms with Crippen LogP contribution in [0.15, 0.2) is 24.3 Å². The lowest BCUT2D eigenvalue weighted by atomic mass is 9.87. The van der Waals surface area contributed by atoms with E-state index in [2.05, 4.69) is 45.1 Å². The Balaban J connectivity index is 1.70. The molecule has 1 aliphatic rings. The van der Waals surface area contributed by atoms with Gasteiger partial charge in [-0.2, -0.15) is 0 Å². The van der Waals surface area contributed by atoms with Gasteiger partial charge in [-0.25, -0.2) is 4.79 Å². The molecule has 1 unspecified atom stereocenters. The molecular formula is C19H30N2O2. The summed E-state index contributed by atoms with van der Waals surface area (Å²) in [6, 6.07) is 8.22. The van der Waals surface area contributed by atoms with Gasteiger partial charge in [0.1, 0.15) is 12.4 Å². The lowest BCUT2D eigenvalue weighted by Gasteiger charge is -2.30. The van der Waals surface area contributed by atoms with Crippen molar-refractivity contribution in [3.63, 3.8) is 0 Å².